The largest absolute Gasteiger partial charge is 0.506 e. The maximum Gasteiger partial charge on any atom is 0.352 e. The average molecular weight is 424 g/mol. The number of phenolic OH excluding ortho intramolecular Hbond substituents is 1. The van der Waals surface area contributed by atoms with Crippen molar-refractivity contribution in [2.75, 3.05) is 5.75 Å². The third-order valence-electron chi connectivity index (χ3n) is 4.41. The zero-order valence-corrected chi connectivity index (χ0v) is 16.4. The van der Waals surface area contributed by atoms with Crippen LogP contribution < -0.4 is 11.1 Å². The van der Waals surface area contributed by atoms with Gasteiger partial charge in [0.25, 0.3) is 0 Å². The summed E-state index contributed by atoms with van der Waals surface area (Å²) in [5, 5.41) is 21.5. The smallest absolute Gasteiger partial charge is 0.352 e. The number of aromatic hydroxyl groups is 1. The molecular weight excluding hydrogens is 406 g/mol. The third-order valence-corrected chi connectivity index (χ3v) is 5.95. The molecule has 0 aromatic heterocycles. The van der Waals surface area contributed by atoms with E-state index in [-0.39, 0.29) is 27.8 Å². The molecule has 2 aliphatic heterocycles. The van der Waals surface area contributed by atoms with E-state index < -0.39 is 17.9 Å². The number of hydrogen-bond donors (Lipinski definition) is 4. The SMILES string of the molecule is C/C(=C/C1=C(C(=O)O)N2C(=O)C[C@H]2SC1)NC(=O)[C@H](N)c1ccc(O)c(Cl)c1. The van der Waals surface area contributed by atoms with Crippen molar-refractivity contribution in [2.24, 2.45) is 5.73 Å². The second kappa shape index (κ2) is 7.86. The van der Waals surface area contributed by atoms with Gasteiger partial charge < -0.3 is 21.3 Å². The van der Waals surface area contributed by atoms with E-state index in [4.69, 9.17) is 17.3 Å². The predicted octanol–water partition coefficient (Wildman–Crippen LogP) is 1.71. The quantitative estimate of drug-likeness (QED) is 0.530. The Morgan fingerprint density at radius 2 is 2.18 bits per heavy atom. The summed E-state index contributed by atoms with van der Waals surface area (Å²) in [6.07, 6.45) is 1.87. The number of nitrogens with two attached hydrogens (primary N) is 1. The first-order valence-electron chi connectivity index (χ1n) is 8.32. The normalized spacial score (nSPS) is 20.4. The summed E-state index contributed by atoms with van der Waals surface area (Å²) < 4.78 is 0. The average Bonchev–Trinajstić information content (AvgIpc) is 2.62. The number of phenols is 1. The van der Waals surface area contributed by atoms with Crippen LogP contribution in [0.1, 0.15) is 24.9 Å². The van der Waals surface area contributed by atoms with Gasteiger partial charge in [0.1, 0.15) is 17.5 Å². The Morgan fingerprint density at radius 1 is 1.46 bits per heavy atom. The second-order valence-corrected chi connectivity index (χ2v) is 7.99. The summed E-state index contributed by atoms with van der Waals surface area (Å²) in [4.78, 5) is 37.1. The third kappa shape index (κ3) is 3.87. The lowest BCUT2D eigenvalue weighted by atomic mass is 10.1. The van der Waals surface area contributed by atoms with E-state index in [0.717, 1.165) is 0 Å². The van der Waals surface area contributed by atoms with Gasteiger partial charge in [-0.05, 0) is 36.3 Å². The molecule has 0 spiro atoms. The van der Waals surface area contributed by atoms with E-state index in [0.29, 0.717) is 29.0 Å². The van der Waals surface area contributed by atoms with Gasteiger partial charge in [-0.15, -0.1) is 11.8 Å². The van der Waals surface area contributed by atoms with E-state index in [1.54, 1.807) is 6.92 Å². The highest BCUT2D eigenvalue weighted by Crippen LogP contribution is 2.40. The topological polar surface area (TPSA) is 133 Å². The standard InChI is InChI=1S/C18H18ClN3O5S/c1-8(21-17(25)15(20)9-2-3-12(23)11(19)5-9)4-10-7-28-14-6-13(24)22(14)16(10)18(26)27/h2-5,14-15,23H,6-7,20H2,1H3,(H,21,25)(H,26,27)/b8-4-/t14-,15-/m1/s1. The van der Waals surface area contributed by atoms with E-state index >= 15 is 0 Å². The number of halogens is 1. The number of carboxylic acid groups (broad SMARTS) is 1. The molecule has 5 N–H and O–H groups in total. The number of thioether (sulfide) groups is 1. The number of carboxylic acids is 1. The van der Waals surface area contributed by atoms with Gasteiger partial charge in [0.05, 0.1) is 16.8 Å². The number of fused-ring (bicyclic) bond motifs is 1. The van der Waals surface area contributed by atoms with Crippen LogP contribution >= 0.6 is 23.4 Å². The van der Waals surface area contributed by atoms with Crippen LogP contribution in [0.3, 0.4) is 0 Å². The second-order valence-electron chi connectivity index (χ2n) is 6.42. The molecule has 0 unspecified atom stereocenters. The van der Waals surface area contributed by atoms with Crippen molar-refractivity contribution in [1.82, 2.24) is 10.2 Å². The van der Waals surface area contributed by atoms with E-state index in [2.05, 4.69) is 5.32 Å². The monoisotopic (exact) mass is 423 g/mol. The first kappa shape index (κ1) is 20.2. The Hall–Kier alpha value is -2.49. The van der Waals surface area contributed by atoms with Crippen molar-refractivity contribution in [3.8, 4) is 5.75 Å². The molecule has 2 atom stereocenters. The Kier molecular flexibility index (Phi) is 5.69. The predicted molar refractivity (Wildman–Crippen MR) is 104 cm³/mol. The minimum Gasteiger partial charge on any atom is -0.506 e. The molecular formula is C18H18ClN3O5S. The molecule has 2 aliphatic rings. The van der Waals surface area contributed by atoms with E-state index in [1.165, 1.54) is 40.9 Å². The Morgan fingerprint density at radius 3 is 2.79 bits per heavy atom. The molecule has 148 valence electrons. The maximum atomic E-state index is 12.4. The van der Waals surface area contributed by atoms with Crippen LogP contribution in [0.25, 0.3) is 0 Å². The fourth-order valence-electron chi connectivity index (χ4n) is 2.99. The molecule has 28 heavy (non-hydrogen) atoms. The summed E-state index contributed by atoms with van der Waals surface area (Å²) in [5.74, 6) is -1.62. The number of allylic oxidation sites excluding steroid dienone is 2. The van der Waals surface area contributed by atoms with Gasteiger partial charge in [0.15, 0.2) is 0 Å². The van der Waals surface area contributed by atoms with Crippen LogP contribution in [0.5, 0.6) is 5.75 Å². The lowest BCUT2D eigenvalue weighted by Gasteiger charge is -2.43. The van der Waals surface area contributed by atoms with E-state index in [1.807, 2.05) is 0 Å². The van der Waals surface area contributed by atoms with Crippen LogP contribution in [0.4, 0.5) is 0 Å². The first-order chi connectivity index (χ1) is 13.2. The fourth-order valence-corrected chi connectivity index (χ4v) is 4.40. The van der Waals surface area contributed by atoms with Gasteiger partial charge in [-0.1, -0.05) is 17.7 Å². The number of carbonyl (C=O) groups excluding carboxylic acids is 2. The van der Waals surface area contributed by atoms with Crippen LogP contribution in [0, 0.1) is 0 Å². The zero-order valence-electron chi connectivity index (χ0n) is 14.8. The van der Waals surface area contributed by atoms with Gasteiger partial charge in [-0.3, -0.25) is 14.5 Å². The highest BCUT2D eigenvalue weighted by atomic mass is 35.5. The molecule has 0 aliphatic carbocycles. The lowest BCUT2D eigenvalue weighted by molar-refractivity contribution is -0.146. The number of rotatable bonds is 5. The van der Waals surface area contributed by atoms with Crippen molar-refractivity contribution >= 4 is 41.1 Å². The number of hydrogen-bond acceptors (Lipinski definition) is 6. The lowest BCUT2D eigenvalue weighted by Crippen LogP contribution is -2.53. The molecule has 1 aromatic rings. The van der Waals surface area contributed by atoms with E-state index in [9.17, 15) is 24.6 Å². The number of amides is 2. The Bertz CT molecular complexity index is 930. The highest BCUT2D eigenvalue weighted by molar-refractivity contribution is 8.00. The van der Waals surface area contributed by atoms with Crippen molar-refractivity contribution in [2.45, 2.75) is 24.8 Å². The maximum absolute atomic E-state index is 12.4. The Balaban J connectivity index is 1.78. The van der Waals surface area contributed by atoms with Gasteiger partial charge in [0, 0.05) is 11.4 Å². The minimum atomic E-state index is -1.18. The molecule has 0 radical (unpaired) electrons. The van der Waals surface area contributed by atoms with Crippen molar-refractivity contribution in [3.05, 3.63) is 51.8 Å². The molecule has 10 heteroatoms. The number of nitrogens with zero attached hydrogens (tertiary/aromatic N) is 1. The fraction of sp³-hybridized carbons (Fsp3) is 0.278. The summed E-state index contributed by atoms with van der Waals surface area (Å²) in [5.41, 5.74) is 7.14. The summed E-state index contributed by atoms with van der Waals surface area (Å²) >= 11 is 7.32. The molecule has 2 amide bonds. The number of nitrogens with one attached hydrogen (secondary N) is 1. The molecule has 1 saturated heterocycles. The number of β-lactam (4-membered cyclic amide) rings is 1. The molecule has 8 nitrogen and oxygen atoms in total. The summed E-state index contributed by atoms with van der Waals surface area (Å²) in [6.45, 7) is 1.61. The number of aliphatic carboxylic acids is 1. The molecule has 0 bridgehead atoms. The van der Waals surface area contributed by atoms with Crippen LogP contribution in [0.15, 0.2) is 41.2 Å². The van der Waals surface area contributed by atoms with Gasteiger partial charge in [-0.25, -0.2) is 4.79 Å². The highest BCUT2D eigenvalue weighted by Gasteiger charge is 2.44. The Labute approximate surface area is 170 Å². The van der Waals surface area contributed by atoms with Gasteiger partial charge in [-0.2, -0.15) is 0 Å². The van der Waals surface area contributed by atoms with Crippen molar-refractivity contribution in [1.29, 1.82) is 0 Å². The van der Waals surface area contributed by atoms with Crippen LogP contribution in [0.2, 0.25) is 5.02 Å². The minimum absolute atomic E-state index is 0.0526. The number of carbonyl (C=O) groups is 3. The molecule has 0 saturated carbocycles. The molecule has 3 rings (SSSR count). The van der Waals surface area contributed by atoms with Crippen molar-refractivity contribution < 1.29 is 24.6 Å². The number of benzene rings is 1. The van der Waals surface area contributed by atoms with Crippen LogP contribution in [-0.2, 0) is 14.4 Å². The zero-order chi connectivity index (χ0) is 20.6. The molecule has 1 fully saturated rings. The summed E-state index contributed by atoms with van der Waals surface area (Å²) in [7, 11) is 0. The first-order valence-corrected chi connectivity index (χ1v) is 9.75. The molecule has 2 heterocycles. The summed E-state index contributed by atoms with van der Waals surface area (Å²) in [6, 6.07) is 3.20. The van der Waals surface area contributed by atoms with Crippen LogP contribution in [-0.4, -0.2) is 44.0 Å². The van der Waals surface area contributed by atoms with Gasteiger partial charge >= 0.3 is 5.97 Å². The molecule has 1 aromatic carbocycles. The van der Waals surface area contributed by atoms with Crippen molar-refractivity contribution in [3.63, 3.8) is 0 Å². The van der Waals surface area contributed by atoms with Gasteiger partial charge in [0.2, 0.25) is 11.8 Å².